The zero-order chi connectivity index (χ0) is 16.0. The van der Waals surface area contributed by atoms with Crippen LogP contribution in [0.25, 0.3) is 0 Å². The van der Waals surface area contributed by atoms with Crippen LogP contribution in [-0.4, -0.2) is 66.0 Å². The fourth-order valence-corrected chi connectivity index (χ4v) is 1.97. The van der Waals surface area contributed by atoms with E-state index >= 15 is 0 Å². The van der Waals surface area contributed by atoms with Gasteiger partial charge in [-0.15, -0.1) is 0 Å². The Hall–Kier alpha value is -1.79. The van der Waals surface area contributed by atoms with E-state index in [-0.39, 0.29) is 24.3 Å². The second-order valence-corrected chi connectivity index (χ2v) is 6.08. The van der Waals surface area contributed by atoms with Crippen LogP contribution in [-0.2, 0) is 14.3 Å². The highest BCUT2D eigenvalue weighted by atomic mass is 16.6. The summed E-state index contributed by atoms with van der Waals surface area (Å²) in [5.74, 6) is -0.148. The summed E-state index contributed by atoms with van der Waals surface area (Å²) < 4.78 is 5.30. The average Bonchev–Trinajstić information content (AvgIpc) is 2.36. The molecule has 1 N–H and O–H groups in total. The summed E-state index contributed by atoms with van der Waals surface area (Å²) >= 11 is 0. The highest BCUT2D eigenvalue weighted by Gasteiger charge is 2.27. The number of rotatable bonds is 3. The molecule has 1 rings (SSSR count). The van der Waals surface area contributed by atoms with Crippen molar-refractivity contribution in [3.63, 3.8) is 0 Å². The van der Waals surface area contributed by atoms with Crippen LogP contribution >= 0.6 is 0 Å². The highest BCUT2D eigenvalue weighted by molar-refractivity contribution is 5.78. The molecule has 1 saturated heterocycles. The molecule has 0 radical (unpaired) electrons. The van der Waals surface area contributed by atoms with E-state index in [9.17, 15) is 14.4 Å². The third kappa shape index (κ3) is 6.46. The minimum absolute atomic E-state index is 0.00686. The molecule has 3 amide bonds. The Morgan fingerprint density at radius 1 is 1.05 bits per heavy atom. The Bertz CT molecular complexity index is 396. The largest absolute Gasteiger partial charge is 0.444 e. The smallest absolute Gasteiger partial charge is 0.410 e. The fourth-order valence-electron chi connectivity index (χ4n) is 1.97. The number of amides is 3. The summed E-state index contributed by atoms with van der Waals surface area (Å²) in [5.41, 5.74) is -0.512. The van der Waals surface area contributed by atoms with Crippen LogP contribution in [0.3, 0.4) is 0 Å². The van der Waals surface area contributed by atoms with Crippen molar-refractivity contribution in [1.29, 1.82) is 0 Å². The number of hydrogen-bond donors (Lipinski definition) is 1. The fraction of sp³-hybridized carbons (Fsp3) is 0.786. The van der Waals surface area contributed by atoms with Gasteiger partial charge in [0.25, 0.3) is 0 Å². The quantitative estimate of drug-likeness (QED) is 0.827. The van der Waals surface area contributed by atoms with Crippen molar-refractivity contribution >= 4 is 17.9 Å². The van der Waals surface area contributed by atoms with Crippen molar-refractivity contribution in [2.24, 2.45) is 0 Å². The first kappa shape index (κ1) is 17.3. The summed E-state index contributed by atoms with van der Waals surface area (Å²) in [7, 11) is 0. The molecule has 0 aromatic heterocycles. The molecule has 0 aliphatic carbocycles. The first-order valence-electron chi connectivity index (χ1n) is 7.19. The van der Waals surface area contributed by atoms with Gasteiger partial charge in [0.2, 0.25) is 11.8 Å². The topological polar surface area (TPSA) is 79.0 Å². The Kier molecular flexibility index (Phi) is 5.99. The first-order valence-corrected chi connectivity index (χ1v) is 7.19. The van der Waals surface area contributed by atoms with E-state index in [0.717, 1.165) is 0 Å². The number of nitrogens with zero attached hydrogens (tertiary/aromatic N) is 2. The molecule has 1 aliphatic rings. The molecule has 0 spiro atoms. The highest BCUT2D eigenvalue weighted by Crippen LogP contribution is 2.12. The number of carbonyl (C=O) groups excluding carboxylic acids is 3. The van der Waals surface area contributed by atoms with Gasteiger partial charge >= 0.3 is 6.09 Å². The summed E-state index contributed by atoms with van der Waals surface area (Å²) in [6.07, 6.45) is -0.0562. The molecule has 1 fully saturated rings. The average molecular weight is 299 g/mol. The molecule has 1 heterocycles. The lowest BCUT2D eigenvalue weighted by atomic mass is 10.2. The van der Waals surface area contributed by atoms with Gasteiger partial charge in [0.15, 0.2) is 0 Å². The lowest BCUT2D eigenvalue weighted by Gasteiger charge is -2.35. The van der Waals surface area contributed by atoms with Crippen molar-refractivity contribution in [2.45, 2.75) is 39.7 Å². The molecule has 0 saturated carbocycles. The third-order valence-electron chi connectivity index (χ3n) is 3.00. The van der Waals surface area contributed by atoms with Gasteiger partial charge in [0, 0.05) is 46.1 Å². The molecule has 120 valence electrons. The first-order chi connectivity index (χ1) is 9.69. The maximum absolute atomic E-state index is 11.9. The maximum Gasteiger partial charge on any atom is 0.410 e. The van der Waals surface area contributed by atoms with E-state index < -0.39 is 5.60 Å². The minimum atomic E-state index is -0.512. The molecule has 0 atom stereocenters. The zero-order valence-electron chi connectivity index (χ0n) is 13.3. The normalized spacial score (nSPS) is 15.6. The summed E-state index contributed by atoms with van der Waals surface area (Å²) in [4.78, 5) is 37.9. The molecule has 0 aromatic rings. The number of ether oxygens (including phenoxy) is 1. The number of carbonyl (C=O) groups is 3. The van der Waals surface area contributed by atoms with Crippen molar-refractivity contribution in [3.8, 4) is 0 Å². The van der Waals surface area contributed by atoms with Gasteiger partial charge in [-0.05, 0) is 20.8 Å². The molecule has 0 aromatic carbocycles. The van der Waals surface area contributed by atoms with Crippen LogP contribution < -0.4 is 5.32 Å². The predicted octanol–water partition coefficient (Wildman–Crippen LogP) is 0.592. The minimum Gasteiger partial charge on any atom is -0.444 e. The van der Waals surface area contributed by atoms with Crippen LogP contribution in [0.15, 0.2) is 0 Å². The maximum atomic E-state index is 11.9. The summed E-state index contributed by atoms with van der Waals surface area (Å²) in [6, 6.07) is 0. The lowest BCUT2D eigenvalue weighted by Crippen LogP contribution is -2.51. The van der Waals surface area contributed by atoms with E-state index in [1.54, 1.807) is 9.80 Å². The van der Waals surface area contributed by atoms with E-state index in [0.29, 0.717) is 32.7 Å². The molecule has 0 bridgehead atoms. The standard InChI is InChI=1S/C14H25N3O4/c1-11(18)15-6-5-12(19)16-7-9-17(10-8-16)13(20)21-14(2,3)4/h5-10H2,1-4H3,(H,15,18). The number of piperazine rings is 1. The number of nitrogens with one attached hydrogen (secondary N) is 1. The van der Waals surface area contributed by atoms with Crippen LogP contribution in [0.2, 0.25) is 0 Å². The SMILES string of the molecule is CC(=O)NCCC(=O)N1CCN(C(=O)OC(C)(C)C)CC1. The van der Waals surface area contributed by atoms with Gasteiger partial charge in [-0.3, -0.25) is 9.59 Å². The van der Waals surface area contributed by atoms with E-state index in [2.05, 4.69) is 5.32 Å². The molecular weight excluding hydrogens is 274 g/mol. The van der Waals surface area contributed by atoms with Gasteiger partial charge in [-0.25, -0.2) is 4.79 Å². The number of hydrogen-bond acceptors (Lipinski definition) is 4. The predicted molar refractivity (Wildman–Crippen MR) is 77.7 cm³/mol. The van der Waals surface area contributed by atoms with Crippen molar-refractivity contribution in [2.75, 3.05) is 32.7 Å². The molecular formula is C14H25N3O4. The Morgan fingerprint density at radius 2 is 1.57 bits per heavy atom. The zero-order valence-corrected chi connectivity index (χ0v) is 13.3. The van der Waals surface area contributed by atoms with Crippen LogP contribution in [0.5, 0.6) is 0 Å². The van der Waals surface area contributed by atoms with Crippen LogP contribution in [0.4, 0.5) is 4.79 Å². The van der Waals surface area contributed by atoms with E-state index in [1.807, 2.05) is 20.8 Å². The molecule has 21 heavy (non-hydrogen) atoms. The molecule has 0 unspecified atom stereocenters. The van der Waals surface area contributed by atoms with Crippen LogP contribution in [0, 0.1) is 0 Å². The second-order valence-electron chi connectivity index (χ2n) is 6.08. The van der Waals surface area contributed by atoms with E-state index in [4.69, 9.17) is 4.74 Å². The van der Waals surface area contributed by atoms with Gasteiger partial charge in [0.05, 0.1) is 0 Å². The second kappa shape index (κ2) is 7.28. The molecule has 7 nitrogen and oxygen atoms in total. The van der Waals surface area contributed by atoms with Gasteiger partial charge in [0.1, 0.15) is 5.60 Å². The van der Waals surface area contributed by atoms with Crippen LogP contribution in [0.1, 0.15) is 34.1 Å². The Morgan fingerprint density at radius 3 is 2.05 bits per heavy atom. The van der Waals surface area contributed by atoms with Crippen molar-refractivity contribution < 1.29 is 19.1 Å². The third-order valence-corrected chi connectivity index (χ3v) is 3.00. The molecule has 7 heteroatoms. The summed E-state index contributed by atoms with van der Waals surface area (Å²) in [5, 5.41) is 2.60. The summed E-state index contributed by atoms with van der Waals surface area (Å²) in [6.45, 7) is 9.19. The van der Waals surface area contributed by atoms with Gasteiger partial charge in [-0.1, -0.05) is 0 Å². The molecule has 1 aliphatic heterocycles. The monoisotopic (exact) mass is 299 g/mol. The van der Waals surface area contributed by atoms with Crippen molar-refractivity contribution in [1.82, 2.24) is 15.1 Å². The van der Waals surface area contributed by atoms with Gasteiger partial charge < -0.3 is 19.9 Å². The van der Waals surface area contributed by atoms with Gasteiger partial charge in [-0.2, -0.15) is 0 Å². The van der Waals surface area contributed by atoms with Crippen molar-refractivity contribution in [3.05, 3.63) is 0 Å². The Balaban J connectivity index is 2.33. The van der Waals surface area contributed by atoms with E-state index in [1.165, 1.54) is 6.92 Å². The lowest BCUT2D eigenvalue weighted by molar-refractivity contribution is -0.132. The Labute approximate surface area is 125 Å².